The van der Waals surface area contributed by atoms with Gasteiger partial charge in [0.2, 0.25) is 0 Å². The smallest absolute Gasteiger partial charge is 0.251 e. The zero-order valence-electron chi connectivity index (χ0n) is 13.2. The summed E-state index contributed by atoms with van der Waals surface area (Å²) in [5, 5.41) is 9.96. The summed E-state index contributed by atoms with van der Waals surface area (Å²) >= 11 is 0. The maximum Gasteiger partial charge on any atom is 0.251 e. The fourth-order valence-electron chi connectivity index (χ4n) is 1.77. The van der Waals surface area contributed by atoms with Gasteiger partial charge in [0.15, 0.2) is 5.82 Å². The Balaban J connectivity index is 2.19. The number of benzene rings is 1. The minimum absolute atomic E-state index is 0.0220. The maximum atomic E-state index is 12.3. The molecule has 21 heavy (non-hydrogen) atoms. The highest BCUT2D eigenvalue weighted by Crippen LogP contribution is 2.20. The molecule has 1 aromatic carbocycles. The van der Waals surface area contributed by atoms with Gasteiger partial charge >= 0.3 is 0 Å². The zero-order chi connectivity index (χ0) is 15.6. The molecule has 0 aliphatic rings. The SMILES string of the molecule is Cc1nc(-c2cccc(C(=O)N[C@H](C)C(C)(C)C)c2)n[nH]1. The normalized spacial score (nSPS) is 13.0. The summed E-state index contributed by atoms with van der Waals surface area (Å²) in [6.07, 6.45) is 0. The lowest BCUT2D eigenvalue weighted by Crippen LogP contribution is -2.41. The van der Waals surface area contributed by atoms with Crippen molar-refractivity contribution in [2.24, 2.45) is 5.41 Å². The fraction of sp³-hybridized carbons (Fsp3) is 0.438. The van der Waals surface area contributed by atoms with Crippen LogP contribution in [0.25, 0.3) is 11.4 Å². The molecule has 0 bridgehead atoms. The molecule has 1 aromatic heterocycles. The summed E-state index contributed by atoms with van der Waals surface area (Å²) in [7, 11) is 0. The van der Waals surface area contributed by atoms with Gasteiger partial charge in [-0.25, -0.2) is 4.98 Å². The van der Waals surface area contributed by atoms with Crippen molar-refractivity contribution < 1.29 is 4.79 Å². The second-order valence-corrected chi connectivity index (χ2v) is 6.39. The number of hydrogen-bond donors (Lipinski definition) is 2. The lowest BCUT2D eigenvalue weighted by atomic mass is 9.88. The standard InChI is InChI=1S/C16H22N4O/c1-10(16(3,4)5)17-15(21)13-8-6-7-12(9-13)14-18-11(2)19-20-14/h6-10H,1-5H3,(H,17,21)(H,18,19,20)/t10-/m1/s1. The monoisotopic (exact) mass is 286 g/mol. The summed E-state index contributed by atoms with van der Waals surface area (Å²) in [4.78, 5) is 16.6. The van der Waals surface area contributed by atoms with Crippen LogP contribution in [0, 0.1) is 12.3 Å². The van der Waals surface area contributed by atoms with E-state index in [0.29, 0.717) is 11.4 Å². The van der Waals surface area contributed by atoms with Crippen molar-refractivity contribution in [2.45, 2.75) is 40.7 Å². The third-order valence-electron chi connectivity index (χ3n) is 3.63. The molecule has 5 heteroatoms. The number of carbonyl (C=O) groups is 1. The third kappa shape index (κ3) is 3.68. The van der Waals surface area contributed by atoms with E-state index in [2.05, 4.69) is 41.3 Å². The van der Waals surface area contributed by atoms with E-state index in [1.165, 1.54) is 0 Å². The topological polar surface area (TPSA) is 70.7 Å². The minimum Gasteiger partial charge on any atom is -0.349 e. The number of nitrogens with one attached hydrogen (secondary N) is 2. The van der Waals surface area contributed by atoms with E-state index in [9.17, 15) is 4.79 Å². The number of carbonyl (C=O) groups excluding carboxylic acids is 1. The second kappa shape index (κ2) is 5.68. The summed E-state index contributed by atoms with van der Waals surface area (Å²) in [5.74, 6) is 1.28. The highest BCUT2D eigenvalue weighted by atomic mass is 16.1. The Bertz CT molecular complexity index is 640. The van der Waals surface area contributed by atoms with Crippen molar-refractivity contribution in [2.75, 3.05) is 0 Å². The van der Waals surface area contributed by atoms with Crippen LogP contribution in [0.5, 0.6) is 0 Å². The number of rotatable bonds is 3. The van der Waals surface area contributed by atoms with Crippen molar-refractivity contribution in [3.8, 4) is 11.4 Å². The first-order valence-corrected chi connectivity index (χ1v) is 7.07. The summed E-state index contributed by atoms with van der Waals surface area (Å²) in [6.45, 7) is 10.2. The average molecular weight is 286 g/mol. The van der Waals surface area contributed by atoms with Crippen molar-refractivity contribution in [1.29, 1.82) is 0 Å². The van der Waals surface area contributed by atoms with Gasteiger partial charge in [0.25, 0.3) is 5.91 Å². The van der Waals surface area contributed by atoms with Crippen molar-refractivity contribution in [1.82, 2.24) is 20.5 Å². The van der Waals surface area contributed by atoms with E-state index in [1.54, 1.807) is 6.07 Å². The number of aromatic amines is 1. The van der Waals surface area contributed by atoms with Gasteiger partial charge < -0.3 is 5.32 Å². The van der Waals surface area contributed by atoms with E-state index in [4.69, 9.17) is 0 Å². The molecule has 2 N–H and O–H groups in total. The summed E-state index contributed by atoms with van der Waals surface area (Å²) in [5.41, 5.74) is 1.47. The minimum atomic E-state index is -0.0773. The quantitative estimate of drug-likeness (QED) is 0.911. The van der Waals surface area contributed by atoms with Crippen molar-refractivity contribution in [3.63, 3.8) is 0 Å². The van der Waals surface area contributed by atoms with Gasteiger partial charge in [-0.3, -0.25) is 9.89 Å². The lowest BCUT2D eigenvalue weighted by molar-refractivity contribution is 0.0910. The Morgan fingerprint density at radius 3 is 2.62 bits per heavy atom. The van der Waals surface area contributed by atoms with E-state index < -0.39 is 0 Å². The Labute approximate surface area is 125 Å². The largest absolute Gasteiger partial charge is 0.349 e. The van der Waals surface area contributed by atoms with Gasteiger partial charge in [0, 0.05) is 17.2 Å². The van der Waals surface area contributed by atoms with Crippen molar-refractivity contribution in [3.05, 3.63) is 35.7 Å². The average Bonchev–Trinajstić information content (AvgIpc) is 2.84. The van der Waals surface area contributed by atoms with Crippen LogP contribution < -0.4 is 5.32 Å². The number of aryl methyl sites for hydroxylation is 1. The fourth-order valence-corrected chi connectivity index (χ4v) is 1.77. The van der Waals surface area contributed by atoms with E-state index >= 15 is 0 Å². The van der Waals surface area contributed by atoms with Gasteiger partial charge in [0.1, 0.15) is 5.82 Å². The molecule has 2 rings (SSSR count). The van der Waals surface area contributed by atoms with Crippen LogP contribution in [0.3, 0.4) is 0 Å². The highest BCUT2D eigenvalue weighted by molar-refractivity contribution is 5.95. The van der Waals surface area contributed by atoms with E-state index in [0.717, 1.165) is 11.4 Å². The van der Waals surface area contributed by atoms with Crippen LogP contribution in [-0.4, -0.2) is 27.1 Å². The maximum absolute atomic E-state index is 12.3. The molecule has 0 saturated carbocycles. The number of amides is 1. The molecule has 5 nitrogen and oxygen atoms in total. The molecule has 0 saturated heterocycles. The lowest BCUT2D eigenvalue weighted by Gasteiger charge is -2.28. The van der Waals surface area contributed by atoms with E-state index in [1.807, 2.05) is 32.0 Å². The first kappa shape index (κ1) is 15.2. The molecule has 0 aliphatic heterocycles. The molecule has 1 heterocycles. The Kier molecular flexibility index (Phi) is 4.11. The van der Waals surface area contributed by atoms with Gasteiger partial charge in [-0.15, -0.1) is 0 Å². The van der Waals surface area contributed by atoms with Gasteiger partial charge in [0.05, 0.1) is 0 Å². The highest BCUT2D eigenvalue weighted by Gasteiger charge is 2.22. The number of aromatic nitrogens is 3. The molecule has 0 aliphatic carbocycles. The number of hydrogen-bond acceptors (Lipinski definition) is 3. The molecule has 1 atom stereocenters. The second-order valence-electron chi connectivity index (χ2n) is 6.39. The molecule has 0 spiro atoms. The Morgan fingerprint density at radius 2 is 2.05 bits per heavy atom. The van der Waals surface area contributed by atoms with E-state index in [-0.39, 0.29) is 17.4 Å². The zero-order valence-corrected chi connectivity index (χ0v) is 13.2. The third-order valence-corrected chi connectivity index (χ3v) is 3.63. The molecular weight excluding hydrogens is 264 g/mol. The predicted molar refractivity (Wildman–Crippen MR) is 82.9 cm³/mol. The number of H-pyrrole nitrogens is 1. The molecular formula is C16H22N4O. The van der Waals surface area contributed by atoms with Crippen LogP contribution in [0.1, 0.15) is 43.9 Å². The molecule has 0 radical (unpaired) electrons. The van der Waals surface area contributed by atoms with Crippen LogP contribution >= 0.6 is 0 Å². The molecule has 0 unspecified atom stereocenters. The van der Waals surface area contributed by atoms with Crippen LogP contribution in [0.4, 0.5) is 0 Å². The van der Waals surface area contributed by atoms with Crippen LogP contribution in [-0.2, 0) is 0 Å². The van der Waals surface area contributed by atoms with Gasteiger partial charge in [-0.1, -0.05) is 32.9 Å². The Hall–Kier alpha value is -2.17. The Morgan fingerprint density at radius 1 is 1.33 bits per heavy atom. The first-order valence-electron chi connectivity index (χ1n) is 7.07. The van der Waals surface area contributed by atoms with Crippen molar-refractivity contribution >= 4 is 5.91 Å². The van der Waals surface area contributed by atoms with Crippen LogP contribution in [0.15, 0.2) is 24.3 Å². The first-order chi connectivity index (χ1) is 9.77. The van der Waals surface area contributed by atoms with Gasteiger partial charge in [-0.2, -0.15) is 5.10 Å². The van der Waals surface area contributed by atoms with Gasteiger partial charge in [-0.05, 0) is 31.4 Å². The summed E-state index contributed by atoms with van der Waals surface area (Å²) < 4.78 is 0. The molecule has 1 amide bonds. The summed E-state index contributed by atoms with van der Waals surface area (Å²) in [6, 6.07) is 7.44. The molecule has 112 valence electrons. The molecule has 0 fully saturated rings. The molecule has 2 aromatic rings. The number of nitrogens with zero attached hydrogens (tertiary/aromatic N) is 2. The predicted octanol–water partition coefficient (Wildman–Crippen LogP) is 2.94. The van der Waals surface area contributed by atoms with Crippen LogP contribution in [0.2, 0.25) is 0 Å².